The van der Waals surface area contributed by atoms with Gasteiger partial charge in [0.25, 0.3) is 5.70 Å². The average Bonchev–Trinajstić information content (AvgIpc) is 3.01. The lowest BCUT2D eigenvalue weighted by atomic mass is 10.0. The average molecular weight is 376 g/mol. The summed E-state index contributed by atoms with van der Waals surface area (Å²) in [5.41, 5.74) is 1.29. The van der Waals surface area contributed by atoms with E-state index in [1.807, 2.05) is 6.07 Å². The Kier molecular flexibility index (Phi) is 3.23. The maximum absolute atomic E-state index is 11.5. The van der Waals surface area contributed by atoms with Crippen LogP contribution in [0.2, 0.25) is 0 Å². The highest BCUT2D eigenvalue weighted by atomic mass is 79.9. The molecule has 0 amide bonds. The van der Waals surface area contributed by atoms with E-state index >= 15 is 0 Å². The Bertz CT molecular complexity index is 848. The van der Waals surface area contributed by atoms with E-state index < -0.39 is 11.0 Å². The van der Waals surface area contributed by atoms with Gasteiger partial charge in [0.05, 0.1) is 4.92 Å². The zero-order valence-corrected chi connectivity index (χ0v) is 13.3. The Morgan fingerprint density at radius 3 is 2.70 bits per heavy atom. The molecule has 0 saturated carbocycles. The van der Waals surface area contributed by atoms with Crippen molar-refractivity contribution in [1.29, 1.82) is 0 Å². The summed E-state index contributed by atoms with van der Waals surface area (Å²) in [6.45, 7) is 0.152. The van der Waals surface area contributed by atoms with Gasteiger partial charge in [-0.3, -0.25) is 10.1 Å². The van der Waals surface area contributed by atoms with Gasteiger partial charge in [0.15, 0.2) is 11.5 Å². The smallest absolute Gasteiger partial charge is 0.291 e. The van der Waals surface area contributed by atoms with Crippen LogP contribution in [0, 0.1) is 10.1 Å². The summed E-state index contributed by atoms with van der Waals surface area (Å²) >= 11 is 3.36. The number of benzene rings is 2. The van der Waals surface area contributed by atoms with E-state index in [4.69, 9.17) is 14.2 Å². The molecule has 2 aliphatic heterocycles. The molecule has 0 fully saturated rings. The summed E-state index contributed by atoms with van der Waals surface area (Å²) in [5, 5.41) is 11.5. The maximum Gasteiger partial charge on any atom is 0.291 e. The Hall–Kier alpha value is -2.54. The number of rotatable bonds is 2. The minimum atomic E-state index is -0.798. The minimum absolute atomic E-state index is 0.0190. The molecule has 2 heterocycles. The van der Waals surface area contributed by atoms with Crippen molar-refractivity contribution >= 4 is 22.0 Å². The van der Waals surface area contributed by atoms with Crippen LogP contribution in [0.1, 0.15) is 17.2 Å². The second-order valence-corrected chi connectivity index (χ2v) is 6.03. The van der Waals surface area contributed by atoms with E-state index in [0.717, 1.165) is 4.47 Å². The quantitative estimate of drug-likeness (QED) is 0.587. The van der Waals surface area contributed by atoms with Gasteiger partial charge in [0, 0.05) is 21.7 Å². The van der Waals surface area contributed by atoms with Crippen molar-refractivity contribution in [2.24, 2.45) is 0 Å². The lowest BCUT2D eigenvalue weighted by molar-refractivity contribution is -0.434. The molecule has 0 aliphatic carbocycles. The van der Waals surface area contributed by atoms with Gasteiger partial charge in [0.1, 0.15) is 5.75 Å². The number of hydrogen-bond donors (Lipinski definition) is 0. The number of halogens is 1. The summed E-state index contributed by atoms with van der Waals surface area (Å²) < 4.78 is 17.3. The third-order valence-electron chi connectivity index (χ3n) is 3.70. The molecule has 0 bridgehead atoms. The van der Waals surface area contributed by atoms with E-state index in [1.165, 1.54) is 0 Å². The van der Waals surface area contributed by atoms with Crippen molar-refractivity contribution in [2.45, 2.75) is 6.10 Å². The van der Waals surface area contributed by atoms with Gasteiger partial charge in [-0.1, -0.05) is 22.0 Å². The summed E-state index contributed by atoms with van der Waals surface area (Å²) in [4.78, 5) is 11.0. The van der Waals surface area contributed by atoms with E-state index in [9.17, 15) is 10.1 Å². The molecule has 0 radical (unpaired) electrons. The predicted octanol–water partition coefficient (Wildman–Crippen LogP) is 3.93. The Morgan fingerprint density at radius 1 is 1.09 bits per heavy atom. The second kappa shape index (κ2) is 5.27. The van der Waals surface area contributed by atoms with Crippen LogP contribution >= 0.6 is 15.9 Å². The van der Waals surface area contributed by atoms with Crippen LogP contribution < -0.4 is 14.2 Å². The fourth-order valence-electron chi connectivity index (χ4n) is 2.63. The Balaban J connectivity index is 1.79. The topological polar surface area (TPSA) is 70.8 Å². The third-order valence-corrected chi connectivity index (χ3v) is 4.19. The zero-order chi connectivity index (χ0) is 16.0. The van der Waals surface area contributed by atoms with Crippen LogP contribution in [0.3, 0.4) is 0 Å². The molecule has 4 rings (SSSR count). The van der Waals surface area contributed by atoms with E-state index in [-0.39, 0.29) is 12.5 Å². The third kappa shape index (κ3) is 2.43. The van der Waals surface area contributed by atoms with Crippen LogP contribution in [0.5, 0.6) is 17.2 Å². The number of ether oxygens (including phenoxy) is 3. The first-order valence-electron chi connectivity index (χ1n) is 6.83. The van der Waals surface area contributed by atoms with Crippen LogP contribution in [0.4, 0.5) is 0 Å². The standard InChI is InChI=1S/C16H10BrNO5/c17-11-2-4-13-10(5-11)6-12(18(19)20)16(23-13)9-1-3-14-15(7-9)22-8-21-14/h1-7,16H,8H2/t16-/m1/s1. The molecule has 6 nitrogen and oxygen atoms in total. The fourth-order valence-corrected chi connectivity index (χ4v) is 3.00. The lowest BCUT2D eigenvalue weighted by Crippen LogP contribution is -2.19. The molecular formula is C16H10BrNO5. The van der Waals surface area contributed by atoms with Gasteiger partial charge in [0.2, 0.25) is 12.9 Å². The molecule has 1 atom stereocenters. The fraction of sp³-hybridized carbons (Fsp3) is 0.125. The highest BCUT2D eigenvalue weighted by Crippen LogP contribution is 2.41. The molecule has 2 aromatic rings. The molecule has 0 saturated heterocycles. The summed E-state index contributed by atoms with van der Waals surface area (Å²) in [6.07, 6.45) is 0.743. The highest BCUT2D eigenvalue weighted by Gasteiger charge is 2.34. The first-order chi connectivity index (χ1) is 11.1. The minimum Gasteiger partial charge on any atom is -0.474 e. The number of nitro groups is 1. The molecule has 0 spiro atoms. The van der Waals surface area contributed by atoms with Crippen LogP contribution in [0.25, 0.3) is 6.08 Å². The molecule has 0 unspecified atom stereocenters. The van der Waals surface area contributed by atoms with Crippen molar-refractivity contribution in [3.05, 3.63) is 67.8 Å². The first-order valence-corrected chi connectivity index (χ1v) is 7.63. The van der Waals surface area contributed by atoms with Gasteiger partial charge in [-0.15, -0.1) is 0 Å². The van der Waals surface area contributed by atoms with Crippen molar-refractivity contribution < 1.29 is 19.1 Å². The summed E-state index contributed by atoms with van der Waals surface area (Å²) in [6, 6.07) is 10.6. The molecule has 23 heavy (non-hydrogen) atoms. The van der Waals surface area contributed by atoms with Crippen molar-refractivity contribution in [3.8, 4) is 17.2 Å². The van der Waals surface area contributed by atoms with Crippen LogP contribution in [-0.2, 0) is 0 Å². The van der Waals surface area contributed by atoms with Gasteiger partial charge < -0.3 is 14.2 Å². The largest absolute Gasteiger partial charge is 0.474 e. The Morgan fingerprint density at radius 2 is 1.87 bits per heavy atom. The normalized spacial score (nSPS) is 18.0. The first kappa shape index (κ1) is 14.1. The summed E-state index contributed by atoms with van der Waals surface area (Å²) in [7, 11) is 0. The number of nitrogens with zero attached hydrogens (tertiary/aromatic N) is 1. The molecule has 0 aromatic heterocycles. The summed E-state index contributed by atoms with van der Waals surface area (Å²) in [5.74, 6) is 1.79. The van der Waals surface area contributed by atoms with E-state index in [2.05, 4.69) is 15.9 Å². The van der Waals surface area contributed by atoms with Crippen molar-refractivity contribution in [3.63, 3.8) is 0 Å². The monoisotopic (exact) mass is 375 g/mol. The van der Waals surface area contributed by atoms with Crippen molar-refractivity contribution in [2.75, 3.05) is 6.79 Å². The molecule has 2 aliphatic rings. The number of fused-ring (bicyclic) bond motifs is 2. The molecule has 7 heteroatoms. The van der Waals surface area contributed by atoms with Crippen LogP contribution in [-0.4, -0.2) is 11.7 Å². The van der Waals surface area contributed by atoms with E-state index in [0.29, 0.717) is 28.4 Å². The zero-order valence-electron chi connectivity index (χ0n) is 11.7. The molecule has 0 N–H and O–H groups in total. The lowest BCUT2D eigenvalue weighted by Gasteiger charge is -2.23. The van der Waals surface area contributed by atoms with E-state index in [1.54, 1.807) is 36.4 Å². The molecule has 116 valence electrons. The van der Waals surface area contributed by atoms with Gasteiger partial charge in [-0.05, 0) is 30.3 Å². The molecule has 2 aromatic carbocycles. The van der Waals surface area contributed by atoms with Gasteiger partial charge in [-0.2, -0.15) is 0 Å². The number of hydrogen-bond acceptors (Lipinski definition) is 5. The second-order valence-electron chi connectivity index (χ2n) is 5.12. The Labute approximate surface area is 139 Å². The highest BCUT2D eigenvalue weighted by molar-refractivity contribution is 9.10. The molecular weight excluding hydrogens is 366 g/mol. The predicted molar refractivity (Wildman–Crippen MR) is 85.0 cm³/mol. The SMILES string of the molecule is O=[N+]([O-])C1=Cc2cc(Br)ccc2O[C@@H]1c1ccc2c(c1)OCO2. The van der Waals surface area contributed by atoms with Gasteiger partial charge >= 0.3 is 0 Å². The van der Waals surface area contributed by atoms with Crippen molar-refractivity contribution in [1.82, 2.24) is 0 Å². The maximum atomic E-state index is 11.5. The van der Waals surface area contributed by atoms with Gasteiger partial charge in [-0.25, -0.2) is 0 Å². The van der Waals surface area contributed by atoms with Crippen LogP contribution in [0.15, 0.2) is 46.6 Å².